The van der Waals surface area contributed by atoms with Crippen molar-refractivity contribution >= 4 is 29.5 Å². The highest BCUT2D eigenvalue weighted by Gasteiger charge is 2.74. The largest absolute Gasteiger partial charge is 0.465 e. The Labute approximate surface area is 219 Å². The van der Waals surface area contributed by atoms with Crippen LogP contribution in [-0.4, -0.2) is 80.6 Å². The molecule has 0 saturated carbocycles. The van der Waals surface area contributed by atoms with Crippen molar-refractivity contribution in [1.82, 2.24) is 9.80 Å². The first-order chi connectivity index (χ1) is 17.3. The highest BCUT2D eigenvalue weighted by molar-refractivity contribution is 8.02. The Balaban J connectivity index is 1.85. The first-order valence-electron chi connectivity index (χ1n) is 13.7. The molecule has 2 fully saturated rings. The average Bonchev–Trinajstić information content (AvgIpc) is 3.21. The number of likely N-dealkylation sites (tertiary alicyclic amines) is 1. The van der Waals surface area contributed by atoms with Gasteiger partial charge in [-0.05, 0) is 32.1 Å². The molecule has 4 aliphatic heterocycles. The molecule has 0 bridgehead atoms. The Morgan fingerprint density at radius 1 is 1.14 bits per heavy atom. The van der Waals surface area contributed by atoms with E-state index in [1.54, 1.807) is 16.7 Å². The molecular formula is C28H42N2O5S. The van der Waals surface area contributed by atoms with E-state index >= 15 is 0 Å². The number of esters is 1. The molecule has 200 valence electrons. The number of allylic oxidation sites excluding steroid dienone is 1. The monoisotopic (exact) mass is 518 g/mol. The molecule has 4 heterocycles. The van der Waals surface area contributed by atoms with Gasteiger partial charge in [-0.3, -0.25) is 14.4 Å². The highest BCUT2D eigenvalue weighted by Crippen LogP contribution is 2.65. The van der Waals surface area contributed by atoms with Crippen LogP contribution in [0.1, 0.15) is 66.2 Å². The second kappa shape index (κ2) is 10.9. The van der Waals surface area contributed by atoms with Crippen LogP contribution in [0.15, 0.2) is 24.3 Å². The van der Waals surface area contributed by atoms with Crippen molar-refractivity contribution in [2.45, 2.75) is 87.8 Å². The lowest BCUT2D eigenvalue weighted by molar-refractivity contribution is -0.155. The van der Waals surface area contributed by atoms with Gasteiger partial charge in [-0.25, -0.2) is 0 Å². The molecule has 36 heavy (non-hydrogen) atoms. The number of nitrogens with zero attached hydrogens (tertiary/aromatic N) is 2. The predicted octanol–water partition coefficient (Wildman–Crippen LogP) is 3.56. The van der Waals surface area contributed by atoms with Gasteiger partial charge in [0.15, 0.2) is 0 Å². The molecule has 4 rings (SSSR count). The summed E-state index contributed by atoms with van der Waals surface area (Å²) in [4.78, 5) is 45.7. The van der Waals surface area contributed by atoms with Gasteiger partial charge < -0.3 is 19.6 Å². The third-order valence-corrected chi connectivity index (χ3v) is 10.4. The van der Waals surface area contributed by atoms with Crippen molar-refractivity contribution in [2.75, 3.05) is 26.3 Å². The number of hydrogen-bond donors (Lipinski definition) is 1. The van der Waals surface area contributed by atoms with Crippen LogP contribution < -0.4 is 0 Å². The van der Waals surface area contributed by atoms with Gasteiger partial charge in [-0.1, -0.05) is 64.3 Å². The SMILES string of the molecule is CCCCCN1CC=C[C@]23S[C@]4(C)/C=C\CCCOC(=O)[C@@H]4[C@H]2C(=O)N([C@@H](CO)[C@@H](C)CC)C3C1=O. The average molecular weight is 519 g/mol. The lowest BCUT2D eigenvalue weighted by Gasteiger charge is -2.41. The van der Waals surface area contributed by atoms with E-state index in [2.05, 4.69) is 19.1 Å². The molecule has 2 amide bonds. The molecule has 1 spiro atoms. The smallest absolute Gasteiger partial charge is 0.311 e. The van der Waals surface area contributed by atoms with Gasteiger partial charge in [-0.2, -0.15) is 0 Å². The molecular weight excluding hydrogens is 476 g/mol. The van der Waals surface area contributed by atoms with E-state index in [4.69, 9.17) is 4.74 Å². The van der Waals surface area contributed by atoms with Gasteiger partial charge in [-0.15, -0.1) is 11.8 Å². The van der Waals surface area contributed by atoms with Crippen LogP contribution in [0.3, 0.4) is 0 Å². The Kier molecular flexibility index (Phi) is 8.25. The summed E-state index contributed by atoms with van der Waals surface area (Å²) in [5, 5.41) is 10.5. The molecule has 7 nitrogen and oxygen atoms in total. The van der Waals surface area contributed by atoms with Gasteiger partial charge >= 0.3 is 5.97 Å². The number of amides is 2. The van der Waals surface area contributed by atoms with Crippen LogP contribution in [-0.2, 0) is 19.1 Å². The van der Waals surface area contributed by atoms with Gasteiger partial charge in [0, 0.05) is 17.8 Å². The van der Waals surface area contributed by atoms with Crippen molar-refractivity contribution in [3.05, 3.63) is 24.3 Å². The van der Waals surface area contributed by atoms with Crippen LogP contribution in [0.2, 0.25) is 0 Å². The molecule has 2 saturated heterocycles. The Morgan fingerprint density at radius 2 is 1.92 bits per heavy atom. The zero-order chi connectivity index (χ0) is 26.1. The number of thioether (sulfide) groups is 1. The van der Waals surface area contributed by atoms with Crippen LogP contribution >= 0.6 is 11.8 Å². The van der Waals surface area contributed by atoms with Crippen molar-refractivity contribution in [1.29, 1.82) is 0 Å². The Bertz CT molecular complexity index is 922. The number of ether oxygens (including phenoxy) is 1. The number of unbranched alkanes of at least 4 members (excludes halogenated alkanes) is 2. The molecule has 1 unspecified atom stereocenters. The maximum atomic E-state index is 14.4. The van der Waals surface area contributed by atoms with Gasteiger partial charge in [0.2, 0.25) is 11.8 Å². The van der Waals surface area contributed by atoms with Crippen molar-refractivity contribution in [2.24, 2.45) is 17.8 Å². The molecule has 4 aliphatic rings. The first-order valence-corrected chi connectivity index (χ1v) is 14.5. The minimum atomic E-state index is -0.892. The lowest BCUT2D eigenvalue weighted by atomic mass is 9.74. The number of carbonyl (C=O) groups excluding carboxylic acids is 3. The van der Waals surface area contributed by atoms with Crippen molar-refractivity contribution in [3.8, 4) is 0 Å². The highest BCUT2D eigenvalue weighted by atomic mass is 32.2. The lowest BCUT2D eigenvalue weighted by Crippen LogP contribution is -2.58. The molecule has 8 heteroatoms. The number of fused-ring (bicyclic) bond motifs is 2. The zero-order valence-corrected chi connectivity index (χ0v) is 23.0. The Hall–Kier alpha value is -1.80. The van der Waals surface area contributed by atoms with Crippen LogP contribution in [0, 0.1) is 17.8 Å². The third kappa shape index (κ3) is 4.42. The standard InChI is InChI=1S/C28H42N2O5S/c1-5-7-10-15-29-16-12-14-28-21(22-26(34)35-17-11-8-9-13-27(22,4)36-28)24(32)30(23(28)25(29)33)20(18-31)19(3)6-2/h9,12-14,19-23,31H,5-8,10-11,15-18H2,1-4H3/b13-9-/t19-,20-,21-,22-,23?,27+,28-/m0/s1. The summed E-state index contributed by atoms with van der Waals surface area (Å²) in [7, 11) is 0. The number of cyclic esters (lactones) is 1. The summed E-state index contributed by atoms with van der Waals surface area (Å²) in [5.41, 5.74) is 0. The summed E-state index contributed by atoms with van der Waals surface area (Å²) in [6, 6.07) is -1.25. The van der Waals surface area contributed by atoms with Crippen LogP contribution in [0.4, 0.5) is 0 Å². The molecule has 0 aromatic rings. The van der Waals surface area contributed by atoms with E-state index in [9.17, 15) is 19.5 Å². The number of carbonyl (C=O) groups is 3. The summed E-state index contributed by atoms with van der Waals surface area (Å²) in [5.74, 6) is -2.06. The second-order valence-electron chi connectivity index (χ2n) is 11.0. The Morgan fingerprint density at radius 3 is 2.61 bits per heavy atom. The second-order valence-corrected chi connectivity index (χ2v) is 12.8. The molecule has 1 N–H and O–H groups in total. The summed E-state index contributed by atoms with van der Waals surface area (Å²) in [6.45, 7) is 9.42. The molecule has 0 aliphatic carbocycles. The maximum Gasteiger partial charge on any atom is 0.311 e. The normalized spacial score (nSPS) is 36.7. The minimum absolute atomic E-state index is 0.00663. The third-order valence-electron chi connectivity index (χ3n) is 8.65. The molecule has 0 aromatic heterocycles. The van der Waals surface area contributed by atoms with E-state index < -0.39 is 33.4 Å². The van der Waals surface area contributed by atoms with E-state index in [0.29, 0.717) is 19.7 Å². The van der Waals surface area contributed by atoms with Crippen molar-refractivity contribution in [3.63, 3.8) is 0 Å². The topological polar surface area (TPSA) is 87.2 Å². The van der Waals surface area contributed by atoms with E-state index in [1.807, 2.05) is 37.8 Å². The van der Waals surface area contributed by atoms with E-state index in [0.717, 1.165) is 38.5 Å². The summed E-state index contributed by atoms with van der Waals surface area (Å²) < 4.78 is 4.12. The minimum Gasteiger partial charge on any atom is -0.465 e. The quantitative estimate of drug-likeness (QED) is 0.300. The number of aliphatic hydroxyl groups is 1. The van der Waals surface area contributed by atoms with E-state index in [1.165, 1.54) is 0 Å². The fraction of sp³-hybridized carbons (Fsp3) is 0.750. The zero-order valence-electron chi connectivity index (χ0n) is 22.2. The number of rotatable bonds is 8. The number of aliphatic hydroxyl groups excluding tert-OH is 1. The van der Waals surface area contributed by atoms with Crippen LogP contribution in [0.25, 0.3) is 0 Å². The first kappa shape index (κ1) is 27.2. The van der Waals surface area contributed by atoms with Gasteiger partial charge in [0.05, 0.1) is 35.8 Å². The molecule has 0 radical (unpaired) electrons. The van der Waals surface area contributed by atoms with Crippen molar-refractivity contribution < 1.29 is 24.2 Å². The molecule has 7 atom stereocenters. The fourth-order valence-corrected chi connectivity index (χ4v) is 8.69. The summed E-state index contributed by atoms with van der Waals surface area (Å²) >= 11 is 1.57. The number of hydrogen-bond acceptors (Lipinski definition) is 6. The van der Waals surface area contributed by atoms with Crippen LogP contribution in [0.5, 0.6) is 0 Å². The molecule has 0 aromatic carbocycles. The van der Waals surface area contributed by atoms with Gasteiger partial charge in [0.25, 0.3) is 0 Å². The predicted molar refractivity (Wildman–Crippen MR) is 141 cm³/mol. The maximum absolute atomic E-state index is 14.4. The summed E-state index contributed by atoms with van der Waals surface area (Å²) in [6.07, 6.45) is 13.5. The fourth-order valence-electron chi connectivity index (χ4n) is 6.55. The van der Waals surface area contributed by atoms with E-state index in [-0.39, 0.29) is 30.3 Å². The van der Waals surface area contributed by atoms with Gasteiger partial charge in [0.1, 0.15) is 6.04 Å².